The average Bonchev–Trinajstić information content (AvgIpc) is 2.74. The van der Waals surface area contributed by atoms with Crippen LogP contribution >= 0.6 is 0 Å². The van der Waals surface area contributed by atoms with Gasteiger partial charge in [0.05, 0.1) is 6.10 Å². The molecule has 1 saturated heterocycles. The molecule has 0 bridgehead atoms. The first-order valence-electron chi connectivity index (χ1n) is 6.58. The molecule has 0 aromatic heterocycles. The lowest BCUT2D eigenvalue weighted by atomic mass is 9.78. The largest absolute Gasteiger partial charge is 0.353 e. The van der Waals surface area contributed by atoms with Gasteiger partial charge in [-0.25, -0.2) is 0 Å². The van der Waals surface area contributed by atoms with Gasteiger partial charge in [0.2, 0.25) is 0 Å². The molecule has 2 rings (SSSR count). The predicted octanol–water partition coefficient (Wildman–Crippen LogP) is 3.35. The second-order valence-corrected chi connectivity index (χ2v) is 5.12. The fraction of sp³-hybridized carbons (Fsp3) is 1.00. The van der Waals surface area contributed by atoms with E-state index in [2.05, 4.69) is 13.8 Å². The van der Waals surface area contributed by atoms with Crippen LogP contribution in [0.1, 0.15) is 52.4 Å². The van der Waals surface area contributed by atoms with Gasteiger partial charge in [0.25, 0.3) is 0 Å². The molecule has 2 aliphatic rings. The molecule has 0 amide bonds. The monoisotopic (exact) mass is 212 g/mol. The van der Waals surface area contributed by atoms with Crippen molar-refractivity contribution in [2.24, 2.45) is 11.8 Å². The second-order valence-electron chi connectivity index (χ2n) is 5.12. The summed E-state index contributed by atoms with van der Waals surface area (Å²) >= 11 is 0. The third-order valence-electron chi connectivity index (χ3n) is 3.98. The quantitative estimate of drug-likeness (QED) is 0.714. The van der Waals surface area contributed by atoms with Gasteiger partial charge in [-0.05, 0) is 31.1 Å². The molecule has 2 nitrogen and oxygen atoms in total. The zero-order valence-electron chi connectivity index (χ0n) is 10.1. The van der Waals surface area contributed by atoms with Crippen LogP contribution < -0.4 is 0 Å². The van der Waals surface area contributed by atoms with Gasteiger partial charge in [-0.15, -0.1) is 0 Å². The summed E-state index contributed by atoms with van der Waals surface area (Å²) in [6.45, 7) is 5.51. The van der Waals surface area contributed by atoms with E-state index >= 15 is 0 Å². The van der Waals surface area contributed by atoms with Crippen LogP contribution in [0.3, 0.4) is 0 Å². The van der Waals surface area contributed by atoms with E-state index in [1.165, 1.54) is 32.1 Å². The molecule has 2 fully saturated rings. The van der Waals surface area contributed by atoms with Crippen molar-refractivity contribution in [2.45, 2.75) is 64.8 Å². The van der Waals surface area contributed by atoms with Crippen molar-refractivity contribution in [1.82, 2.24) is 0 Å². The molecule has 88 valence electrons. The van der Waals surface area contributed by atoms with E-state index in [-0.39, 0.29) is 6.29 Å². The van der Waals surface area contributed by atoms with E-state index in [1.807, 2.05) is 0 Å². The Morgan fingerprint density at radius 1 is 1.20 bits per heavy atom. The topological polar surface area (TPSA) is 18.5 Å². The summed E-state index contributed by atoms with van der Waals surface area (Å²) in [6.07, 6.45) is 8.12. The fourth-order valence-corrected chi connectivity index (χ4v) is 3.01. The molecule has 15 heavy (non-hydrogen) atoms. The van der Waals surface area contributed by atoms with E-state index in [4.69, 9.17) is 9.47 Å². The van der Waals surface area contributed by atoms with Crippen molar-refractivity contribution < 1.29 is 9.47 Å². The van der Waals surface area contributed by atoms with Crippen molar-refractivity contribution in [3.8, 4) is 0 Å². The van der Waals surface area contributed by atoms with E-state index < -0.39 is 0 Å². The zero-order valence-corrected chi connectivity index (χ0v) is 10.1. The first kappa shape index (κ1) is 11.4. The maximum Gasteiger partial charge on any atom is 0.158 e. The van der Waals surface area contributed by atoms with E-state index in [1.54, 1.807) is 0 Å². The molecule has 4 unspecified atom stereocenters. The first-order chi connectivity index (χ1) is 7.31. The maximum atomic E-state index is 6.15. The summed E-state index contributed by atoms with van der Waals surface area (Å²) < 4.78 is 11.7. The first-order valence-corrected chi connectivity index (χ1v) is 6.58. The number of hydrogen-bond donors (Lipinski definition) is 0. The summed E-state index contributed by atoms with van der Waals surface area (Å²) in [7, 11) is 0. The second kappa shape index (κ2) is 5.31. The molecule has 0 N–H and O–H groups in total. The Balaban J connectivity index is 1.90. The molecule has 4 atom stereocenters. The minimum absolute atomic E-state index is 0.101. The lowest BCUT2D eigenvalue weighted by molar-refractivity contribution is -0.179. The molecule has 1 heterocycles. The van der Waals surface area contributed by atoms with Crippen molar-refractivity contribution in [1.29, 1.82) is 0 Å². The molecular weight excluding hydrogens is 188 g/mol. The highest BCUT2D eigenvalue weighted by atomic mass is 16.7. The Hall–Kier alpha value is -0.0800. The zero-order chi connectivity index (χ0) is 10.7. The van der Waals surface area contributed by atoms with Crippen LogP contribution in [0.5, 0.6) is 0 Å². The highest BCUT2D eigenvalue weighted by Crippen LogP contribution is 2.35. The van der Waals surface area contributed by atoms with Gasteiger partial charge in [0, 0.05) is 13.0 Å². The summed E-state index contributed by atoms with van der Waals surface area (Å²) in [5.41, 5.74) is 0. The van der Waals surface area contributed by atoms with Crippen LogP contribution in [0.25, 0.3) is 0 Å². The Morgan fingerprint density at radius 3 is 2.73 bits per heavy atom. The standard InChI is InChI=1S/C13H24O2/c1-3-11-7-4-6-10(2)13(11)15-12-8-5-9-14-12/h10-13H,3-9H2,1-2H3. The van der Waals surface area contributed by atoms with E-state index in [0.29, 0.717) is 12.0 Å². The van der Waals surface area contributed by atoms with Gasteiger partial charge >= 0.3 is 0 Å². The van der Waals surface area contributed by atoms with Gasteiger partial charge in [-0.1, -0.05) is 26.7 Å². The van der Waals surface area contributed by atoms with Gasteiger partial charge in [0.1, 0.15) is 0 Å². The highest BCUT2D eigenvalue weighted by molar-refractivity contribution is 4.81. The Kier molecular flexibility index (Phi) is 4.04. The third kappa shape index (κ3) is 2.73. The van der Waals surface area contributed by atoms with Gasteiger partial charge in [-0.3, -0.25) is 0 Å². The Morgan fingerprint density at radius 2 is 2.07 bits per heavy atom. The minimum atomic E-state index is 0.101. The van der Waals surface area contributed by atoms with Crippen LogP contribution in [0, 0.1) is 11.8 Å². The van der Waals surface area contributed by atoms with Crippen LogP contribution in [0.2, 0.25) is 0 Å². The molecular formula is C13H24O2. The highest BCUT2D eigenvalue weighted by Gasteiger charge is 2.33. The molecule has 0 radical (unpaired) electrons. The minimum Gasteiger partial charge on any atom is -0.353 e. The van der Waals surface area contributed by atoms with Crippen molar-refractivity contribution in [3.63, 3.8) is 0 Å². The van der Waals surface area contributed by atoms with Crippen molar-refractivity contribution in [2.75, 3.05) is 6.61 Å². The average molecular weight is 212 g/mol. The molecule has 1 aliphatic heterocycles. The Labute approximate surface area is 93.3 Å². The lowest BCUT2D eigenvalue weighted by Gasteiger charge is -2.37. The predicted molar refractivity (Wildman–Crippen MR) is 60.6 cm³/mol. The molecule has 0 aromatic carbocycles. The summed E-state index contributed by atoms with van der Waals surface area (Å²) in [6, 6.07) is 0. The van der Waals surface area contributed by atoms with Crippen LogP contribution in [0.4, 0.5) is 0 Å². The van der Waals surface area contributed by atoms with Gasteiger partial charge in [0.15, 0.2) is 6.29 Å². The molecule has 1 aliphatic carbocycles. The summed E-state index contributed by atoms with van der Waals surface area (Å²) in [4.78, 5) is 0. The van der Waals surface area contributed by atoms with Crippen LogP contribution in [0.15, 0.2) is 0 Å². The maximum absolute atomic E-state index is 6.15. The molecule has 0 spiro atoms. The van der Waals surface area contributed by atoms with Crippen molar-refractivity contribution >= 4 is 0 Å². The normalized spacial score (nSPS) is 42.0. The van der Waals surface area contributed by atoms with Gasteiger partial charge < -0.3 is 9.47 Å². The number of rotatable bonds is 3. The third-order valence-corrected chi connectivity index (χ3v) is 3.98. The van der Waals surface area contributed by atoms with E-state index in [0.717, 1.165) is 18.9 Å². The number of ether oxygens (including phenoxy) is 2. The van der Waals surface area contributed by atoms with E-state index in [9.17, 15) is 0 Å². The number of hydrogen-bond acceptors (Lipinski definition) is 2. The molecule has 2 heteroatoms. The lowest BCUT2D eigenvalue weighted by Crippen LogP contribution is -2.37. The van der Waals surface area contributed by atoms with Crippen LogP contribution in [-0.2, 0) is 9.47 Å². The summed E-state index contributed by atoms with van der Waals surface area (Å²) in [5, 5.41) is 0. The van der Waals surface area contributed by atoms with Crippen LogP contribution in [-0.4, -0.2) is 19.0 Å². The van der Waals surface area contributed by atoms with Crippen molar-refractivity contribution in [3.05, 3.63) is 0 Å². The van der Waals surface area contributed by atoms with Gasteiger partial charge in [-0.2, -0.15) is 0 Å². The molecule has 0 aromatic rings. The fourth-order valence-electron chi connectivity index (χ4n) is 3.01. The SMILES string of the molecule is CCC1CCCC(C)C1OC1CCCO1. The molecule has 1 saturated carbocycles. The Bertz CT molecular complexity index is 187. The smallest absolute Gasteiger partial charge is 0.158 e. The summed E-state index contributed by atoms with van der Waals surface area (Å²) in [5.74, 6) is 1.48.